The molecule has 1 fully saturated rings. The predicted octanol–water partition coefficient (Wildman–Crippen LogP) is 2.15. The fourth-order valence-electron chi connectivity index (χ4n) is 3.02. The van der Waals surface area contributed by atoms with E-state index >= 15 is 0 Å². The fourth-order valence-corrected chi connectivity index (χ4v) is 4.29. The molecular formula is C17H27N5O2S. The van der Waals surface area contributed by atoms with Gasteiger partial charge in [-0.1, -0.05) is 13.8 Å². The molecule has 138 valence electrons. The van der Waals surface area contributed by atoms with Crippen molar-refractivity contribution in [2.75, 3.05) is 33.4 Å². The number of methoxy groups -OCH3 is 1. The highest BCUT2D eigenvalue weighted by atomic mass is 32.1. The van der Waals surface area contributed by atoms with Crippen molar-refractivity contribution in [3.63, 3.8) is 0 Å². The van der Waals surface area contributed by atoms with Crippen LogP contribution in [-0.4, -0.2) is 58.5 Å². The molecule has 3 rings (SSSR count). The summed E-state index contributed by atoms with van der Waals surface area (Å²) in [6.45, 7) is 9.16. The van der Waals surface area contributed by atoms with E-state index in [1.807, 2.05) is 11.3 Å². The maximum absolute atomic E-state index is 5.93. The van der Waals surface area contributed by atoms with Gasteiger partial charge in [0.1, 0.15) is 6.10 Å². The van der Waals surface area contributed by atoms with Crippen LogP contribution in [0.4, 0.5) is 0 Å². The summed E-state index contributed by atoms with van der Waals surface area (Å²) in [5.74, 6) is 1.48. The number of hydrogen-bond donors (Lipinski definition) is 0. The summed E-state index contributed by atoms with van der Waals surface area (Å²) < 4.78 is 12.8. The Morgan fingerprint density at radius 3 is 3.00 bits per heavy atom. The summed E-state index contributed by atoms with van der Waals surface area (Å²) in [6, 6.07) is 4.53. The Kier molecular flexibility index (Phi) is 6.52. The first kappa shape index (κ1) is 18.4. The molecule has 7 nitrogen and oxygen atoms in total. The first-order chi connectivity index (χ1) is 12.2. The zero-order chi connectivity index (χ0) is 17.6. The van der Waals surface area contributed by atoms with Crippen molar-refractivity contribution < 1.29 is 9.47 Å². The third-order valence-electron chi connectivity index (χ3n) is 4.21. The molecule has 25 heavy (non-hydrogen) atoms. The molecule has 0 aliphatic carbocycles. The van der Waals surface area contributed by atoms with Crippen molar-refractivity contribution in [3.05, 3.63) is 27.7 Å². The molecule has 2 aromatic rings. The minimum absolute atomic E-state index is 0.0873. The molecule has 0 saturated carbocycles. The minimum atomic E-state index is -0.0873. The molecule has 0 aromatic carbocycles. The standard InChI is InChI=1S/C17H27N5O2S/c1-13(2)10-14-4-5-15(25-14)11-21-6-9-24-16(12-21)17-18-19-20-22(17)7-8-23-3/h4-5,13,16H,6-12H2,1-3H3/t16-/m0/s1. The summed E-state index contributed by atoms with van der Waals surface area (Å²) >= 11 is 1.92. The van der Waals surface area contributed by atoms with Gasteiger partial charge in [0.05, 0.1) is 19.8 Å². The van der Waals surface area contributed by atoms with E-state index in [-0.39, 0.29) is 6.10 Å². The zero-order valence-corrected chi connectivity index (χ0v) is 16.0. The molecule has 0 spiro atoms. The summed E-state index contributed by atoms with van der Waals surface area (Å²) in [5, 5.41) is 12.0. The second-order valence-corrected chi connectivity index (χ2v) is 8.07. The number of hydrogen-bond acceptors (Lipinski definition) is 7. The van der Waals surface area contributed by atoms with Crippen molar-refractivity contribution in [2.45, 2.75) is 39.5 Å². The van der Waals surface area contributed by atoms with Gasteiger partial charge < -0.3 is 9.47 Å². The van der Waals surface area contributed by atoms with Gasteiger partial charge >= 0.3 is 0 Å². The SMILES string of the molecule is COCCn1nnnc1[C@@H]1CN(Cc2ccc(CC(C)C)s2)CCO1. The Hall–Kier alpha value is -1.35. The molecule has 1 atom stereocenters. The number of ether oxygens (including phenoxy) is 2. The van der Waals surface area contributed by atoms with Gasteiger partial charge in [0.2, 0.25) is 0 Å². The normalized spacial score (nSPS) is 19.0. The van der Waals surface area contributed by atoms with Crippen LogP contribution in [0.5, 0.6) is 0 Å². The Morgan fingerprint density at radius 2 is 2.20 bits per heavy atom. The molecule has 8 heteroatoms. The maximum Gasteiger partial charge on any atom is 0.181 e. The Bertz CT molecular complexity index is 657. The van der Waals surface area contributed by atoms with Crippen molar-refractivity contribution in [1.82, 2.24) is 25.1 Å². The van der Waals surface area contributed by atoms with Gasteiger partial charge in [-0.25, -0.2) is 4.68 Å². The largest absolute Gasteiger partial charge is 0.383 e. The summed E-state index contributed by atoms with van der Waals surface area (Å²) in [5.41, 5.74) is 0. The van der Waals surface area contributed by atoms with Gasteiger partial charge in [0.15, 0.2) is 5.82 Å². The second kappa shape index (κ2) is 8.84. The van der Waals surface area contributed by atoms with E-state index in [0.29, 0.717) is 25.7 Å². The van der Waals surface area contributed by atoms with Crippen LogP contribution in [0.25, 0.3) is 0 Å². The van der Waals surface area contributed by atoms with Crippen LogP contribution in [0.15, 0.2) is 12.1 Å². The van der Waals surface area contributed by atoms with Crippen LogP contribution in [0.1, 0.15) is 35.5 Å². The van der Waals surface area contributed by atoms with Crippen LogP contribution >= 0.6 is 11.3 Å². The molecule has 0 unspecified atom stereocenters. The van der Waals surface area contributed by atoms with Crippen molar-refractivity contribution in [1.29, 1.82) is 0 Å². The lowest BCUT2D eigenvalue weighted by Gasteiger charge is -2.31. The average Bonchev–Trinajstić information content (AvgIpc) is 3.22. The van der Waals surface area contributed by atoms with E-state index in [1.165, 1.54) is 9.75 Å². The van der Waals surface area contributed by atoms with Crippen LogP contribution in [0, 0.1) is 5.92 Å². The number of aromatic nitrogens is 4. The van der Waals surface area contributed by atoms with Gasteiger partial charge in [-0.05, 0) is 34.9 Å². The molecule has 0 bridgehead atoms. The number of nitrogens with zero attached hydrogens (tertiary/aromatic N) is 5. The Labute approximate surface area is 152 Å². The van der Waals surface area contributed by atoms with E-state index in [1.54, 1.807) is 11.8 Å². The topological polar surface area (TPSA) is 65.3 Å². The quantitative estimate of drug-likeness (QED) is 0.714. The van der Waals surface area contributed by atoms with Crippen molar-refractivity contribution in [3.8, 4) is 0 Å². The highest BCUT2D eigenvalue weighted by Gasteiger charge is 2.27. The van der Waals surface area contributed by atoms with Crippen LogP contribution < -0.4 is 0 Å². The maximum atomic E-state index is 5.93. The van der Waals surface area contributed by atoms with E-state index in [4.69, 9.17) is 9.47 Å². The molecule has 3 heterocycles. The molecular weight excluding hydrogens is 338 g/mol. The lowest BCUT2D eigenvalue weighted by atomic mass is 10.1. The lowest BCUT2D eigenvalue weighted by molar-refractivity contribution is -0.0393. The summed E-state index contributed by atoms with van der Waals surface area (Å²) in [4.78, 5) is 5.31. The molecule has 1 aliphatic rings. The van der Waals surface area contributed by atoms with E-state index in [2.05, 4.69) is 46.4 Å². The van der Waals surface area contributed by atoms with Crippen molar-refractivity contribution in [2.24, 2.45) is 5.92 Å². The van der Waals surface area contributed by atoms with Gasteiger partial charge in [0.25, 0.3) is 0 Å². The smallest absolute Gasteiger partial charge is 0.181 e. The first-order valence-corrected chi connectivity index (χ1v) is 9.64. The fraction of sp³-hybridized carbons (Fsp3) is 0.706. The zero-order valence-electron chi connectivity index (χ0n) is 15.2. The van der Waals surface area contributed by atoms with E-state index in [9.17, 15) is 0 Å². The molecule has 0 radical (unpaired) electrons. The first-order valence-electron chi connectivity index (χ1n) is 8.82. The lowest BCUT2D eigenvalue weighted by Crippen LogP contribution is -2.38. The van der Waals surface area contributed by atoms with E-state index < -0.39 is 0 Å². The molecule has 0 amide bonds. The van der Waals surface area contributed by atoms with Crippen LogP contribution in [0.2, 0.25) is 0 Å². The number of morpholine rings is 1. The summed E-state index contributed by atoms with van der Waals surface area (Å²) in [7, 11) is 1.68. The van der Waals surface area contributed by atoms with E-state index in [0.717, 1.165) is 31.9 Å². The Balaban J connectivity index is 1.59. The van der Waals surface area contributed by atoms with Gasteiger partial charge in [-0.15, -0.1) is 16.4 Å². The second-order valence-electron chi connectivity index (χ2n) is 6.81. The predicted molar refractivity (Wildman–Crippen MR) is 96.5 cm³/mol. The third-order valence-corrected chi connectivity index (χ3v) is 5.30. The molecule has 1 aliphatic heterocycles. The van der Waals surface area contributed by atoms with Gasteiger partial charge in [0, 0.05) is 36.5 Å². The number of tetrazole rings is 1. The highest BCUT2D eigenvalue weighted by Crippen LogP contribution is 2.25. The van der Waals surface area contributed by atoms with Gasteiger partial charge in [-0.3, -0.25) is 4.90 Å². The number of rotatable bonds is 8. The van der Waals surface area contributed by atoms with Crippen LogP contribution in [-0.2, 0) is 29.0 Å². The van der Waals surface area contributed by atoms with Crippen LogP contribution in [0.3, 0.4) is 0 Å². The molecule has 0 N–H and O–H groups in total. The third kappa shape index (κ3) is 5.07. The monoisotopic (exact) mass is 365 g/mol. The summed E-state index contributed by atoms with van der Waals surface area (Å²) in [6.07, 6.45) is 1.07. The minimum Gasteiger partial charge on any atom is -0.383 e. The Morgan fingerprint density at radius 1 is 1.36 bits per heavy atom. The average molecular weight is 366 g/mol. The van der Waals surface area contributed by atoms with Gasteiger partial charge in [-0.2, -0.15) is 0 Å². The molecule has 1 saturated heterocycles. The highest BCUT2D eigenvalue weighted by molar-refractivity contribution is 7.11. The molecule has 2 aromatic heterocycles. The van der Waals surface area contributed by atoms with Crippen molar-refractivity contribution >= 4 is 11.3 Å². The number of thiophene rings is 1.